The van der Waals surface area contributed by atoms with Crippen LogP contribution in [0.3, 0.4) is 0 Å². The molecule has 0 aliphatic carbocycles. The molecule has 1 heterocycles. The number of hydrogen-bond donors (Lipinski definition) is 4. The van der Waals surface area contributed by atoms with Gasteiger partial charge < -0.3 is 10.2 Å². The van der Waals surface area contributed by atoms with Gasteiger partial charge in [-0.2, -0.15) is 0 Å². The fraction of sp³-hybridized carbons (Fsp3) is 0. The SMILES string of the molecule is NN/N=C(\N)c1c(SN)cccc1-c1cccc2ccoc12. The lowest BCUT2D eigenvalue weighted by molar-refractivity contribution is 0.617. The fourth-order valence-corrected chi connectivity index (χ4v) is 2.94. The van der Waals surface area contributed by atoms with Crippen LogP contribution in [0, 0.1) is 0 Å². The highest BCUT2D eigenvalue weighted by molar-refractivity contribution is 7.97. The van der Waals surface area contributed by atoms with E-state index in [0.717, 1.165) is 44.5 Å². The van der Waals surface area contributed by atoms with Gasteiger partial charge in [-0.1, -0.05) is 30.3 Å². The summed E-state index contributed by atoms with van der Waals surface area (Å²) in [4.78, 5) is 0.803. The van der Waals surface area contributed by atoms with Crippen LogP contribution in [-0.2, 0) is 0 Å². The standard InChI is InChI=1S/C15H15N5OS/c16-15(19-20-17)13-10(4-2-6-12(13)22-18)11-5-1-3-9-7-8-21-14(9)11/h1-8,20H,17-18H2,(H2,16,19). The summed E-state index contributed by atoms with van der Waals surface area (Å²) in [6.45, 7) is 0. The van der Waals surface area contributed by atoms with Crippen LogP contribution in [0.1, 0.15) is 5.56 Å². The molecule has 0 bridgehead atoms. The molecule has 112 valence electrons. The first-order chi connectivity index (χ1) is 10.8. The van der Waals surface area contributed by atoms with Crippen LogP contribution in [0.25, 0.3) is 22.1 Å². The van der Waals surface area contributed by atoms with Crippen LogP contribution in [0.4, 0.5) is 0 Å². The van der Waals surface area contributed by atoms with Crippen molar-refractivity contribution < 1.29 is 4.42 Å². The first kappa shape index (κ1) is 14.5. The molecule has 0 saturated heterocycles. The monoisotopic (exact) mass is 313 g/mol. The third-order valence-corrected chi connectivity index (χ3v) is 3.96. The summed E-state index contributed by atoms with van der Waals surface area (Å²) < 4.78 is 5.61. The second-order valence-electron chi connectivity index (χ2n) is 4.57. The number of amidine groups is 1. The van der Waals surface area contributed by atoms with Crippen molar-refractivity contribution in [1.82, 2.24) is 5.53 Å². The average molecular weight is 313 g/mol. The number of hydrazone groups is 1. The van der Waals surface area contributed by atoms with E-state index < -0.39 is 0 Å². The largest absolute Gasteiger partial charge is 0.464 e. The van der Waals surface area contributed by atoms with E-state index in [1.165, 1.54) is 0 Å². The Labute approximate surface area is 131 Å². The summed E-state index contributed by atoms with van der Waals surface area (Å²) in [5.74, 6) is 5.51. The molecule has 0 aliphatic rings. The zero-order valence-electron chi connectivity index (χ0n) is 11.6. The Bertz CT molecular complexity index is 843. The van der Waals surface area contributed by atoms with Crippen molar-refractivity contribution in [3.05, 3.63) is 54.3 Å². The topological polar surface area (TPSA) is 116 Å². The van der Waals surface area contributed by atoms with Crippen molar-refractivity contribution >= 4 is 28.8 Å². The number of nitrogens with one attached hydrogen (secondary N) is 1. The second-order valence-corrected chi connectivity index (χ2v) is 5.24. The van der Waals surface area contributed by atoms with E-state index in [1.807, 2.05) is 42.5 Å². The number of furan rings is 1. The Balaban J connectivity index is 2.31. The molecule has 0 spiro atoms. The van der Waals surface area contributed by atoms with Crippen molar-refractivity contribution in [2.45, 2.75) is 4.90 Å². The van der Waals surface area contributed by atoms with Gasteiger partial charge in [0.15, 0.2) is 5.84 Å². The van der Waals surface area contributed by atoms with Crippen LogP contribution in [0.15, 0.2) is 63.1 Å². The molecule has 0 aliphatic heterocycles. The van der Waals surface area contributed by atoms with Gasteiger partial charge in [0.1, 0.15) is 5.58 Å². The number of fused-ring (bicyclic) bond motifs is 1. The van der Waals surface area contributed by atoms with E-state index in [1.54, 1.807) is 6.26 Å². The van der Waals surface area contributed by atoms with Gasteiger partial charge in [-0.15, -0.1) is 5.10 Å². The maximum Gasteiger partial charge on any atom is 0.153 e. The van der Waals surface area contributed by atoms with E-state index in [4.69, 9.17) is 21.1 Å². The number of nitrogens with zero attached hydrogens (tertiary/aromatic N) is 1. The number of nitrogens with two attached hydrogens (primary N) is 3. The third kappa shape index (κ3) is 2.41. The summed E-state index contributed by atoms with van der Waals surface area (Å²) in [5, 5.41) is 10.7. The van der Waals surface area contributed by atoms with E-state index in [-0.39, 0.29) is 5.84 Å². The molecule has 0 atom stereocenters. The van der Waals surface area contributed by atoms with Gasteiger partial charge in [-0.05, 0) is 29.6 Å². The minimum Gasteiger partial charge on any atom is -0.464 e. The molecular weight excluding hydrogens is 298 g/mol. The zero-order valence-corrected chi connectivity index (χ0v) is 12.4. The number of hydrogen-bond acceptors (Lipinski definition) is 6. The normalized spacial score (nSPS) is 11.8. The molecule has 0 amide bonds. The van der Waals surface area contributed by atoms with Crippen molar-refractivity contribution in [2.75, 3.05) is 0 Å². The molecule has 0 radical (unpaired) electrons. The maximum atomic E-state index is 6.05. The first-order valence-corrected chi connectivity index (χ1v) is 7.39. The van der Waals surface area contributed by atoms with Crippen molar-refractivity contribution in [3.63, 3.8) is 0 Å². The lowest BCUT2D eigenvalue weighted by atomic mass is 9.97. The first-order valence-electron chi connectivity index (χ1n) is 6.51. The van der Waals surface area contributed by atoms with Crippen molar-refractivity contribution in [2.24, 2.45) is 21.8 Å². The van der Waals surface area contributed by atoms with Gasteiger partial charge in [0, 0.05) is 21.4 Å². The van der Waals surface area contributed by atoms with Crippen LogP contribution < -0.4 is 22.3 Å². The quantitative estimate of drug-likeness (QED) is 0.193. The predicted octanol–water partition coefficient (Wildman–Crippen LogP) is 2.15. The molecule has 7 heteroatoms. The maximum absolute atomic E-state index is 6.05. The van der Waals surface area contributed by atoms with Crippen LogP contribution >= 0.6 is 11.9 Å². The van der Waals surface area contributed by atoms with Gasteiger partial charge >= 0.3 is 0 Å². The lowest BCUT2D eigenvalue weighted by Gasteiger charge is -2.13. The van der Waals surface area contributed by atoms with Crippen LogP contribution in [0.2, 0.25) is 0 Å². The number of hydrazine groups is 1. The molecule has 0 fully saturated rings. The molecule has 1 aromatic heterocycles. The van der Waals surface area contributed by atoms with Crippen LogP contribution in [0.5, 0.6) is 0 Å². The summed E-state index contributed by atoms with van der Waals surface area (Å²) in [7, 11) is 0. The summed E-state index contributed by atoms with van der Waals surface area (Å²) in [5.41, 5.74) is 11.6. The molecule has 2 aromatic carbocycles. The number of rotatable bonds is 4. The summed E-state index contributed by atoms with van der Waals surface area (Å²) in [6, 6.07) is 13.6. The third-order valence-electron chi connectivity index (χ3n) is 3.36. The van der Waals surface area contributed by atoms with E-state index in [2.05, 4.69) is 10.6 Å². The van der Waals surface area contributed by atoms with Gasteiger partial charge in [0.05, 0.1) is 6.26 Å². The molecule has 3 aromatic rings. The Hall–Kier alpha value is -2.48. The predicted molar refractivity (Wildman–Crippen MR) is 89.7 cm³/mol. The highest BCUT2D eigenvalue weighted by Crippen LogP contribution is 2.34. The molecule has 22 heavy (non-hydrogen) atoms. The van der Waals surface area contributed by atoms with Gasteiger partial charge in [-0.25, -0.2) is 11.4 Å². The van der Waals surface area contributed by atoms with E-state index >= 15 is 0 Å². The molecule has 6 nitrogen and oxygen atoms in total. The number of benzene rings is 2. The smallest absolute Gasteiger partial charge is 0.153 e. The fourth-order valence-electron chi connectivity index (χ4n) is 2.45. The molecular formula is C15H15N5OS. The zero-order chi connectivity index (χ0) is 15.5. The summed E-state index contributed by atoms with van der Waals surface area (Å²) >= 11 is 1.11. The van der Waals surface area contributed by atoms with Gasteiger partial charge in [0.25, 0.3) is 0 Å². The van der Waals surface area contributed by atoms with Gasteiger partial charge in [-0.3, -0.25) is 5.14 Å². The van der Waals surface area contributed by atoms with Crippen molar-refractivity contribution in [1.29, 1.82) is 0 Å². The minimum absolute atomic E-state index is 0.259. The van der Waals surface area contributed by atoms with E-state index in [9.17, 15) is 0 Å². The Morgan fingerprint density at radius 3 is 2.64 bits per heavy atom. The summed E-state index contributed by atoms with van der Waals surface area (Å²) in [6.07, 6.45) is 1.66. The Morgan fingerprint density at radius 2 is 1.86 bits per heavy atom. The Morgan fingerprint density at radius 1 is 1.09 bits per heavy atom. The highest BCUT2D eigenvalue weighted by Gasteiger charge is 2.16. The van der Waals surface area contributed by atoms with Gasteiger partial charge in [0.2, 0.25) is 0 Å². The molecule has 0 unspecified atom stereocenters. The van der Waals surface area contributed by atoms with E-state index in [0.29, 0.717) is 0 Å². The molecule has 3 rings (SSSR count). The minimum atomic E-state index is 0.259. The highest BCUT2D eigenvalue weighted by atomic mass is 32.2. The Kier molecular flexibility index (Phi) is 4.01. The number of para-hydroxylation sites is 1. The second kappa shape index (κ2) is 6.10. The lowest BCUT2D eigenvalue weighted by Crippen LogP contribution is -2.24. The average Bonchev–Trinajstić information content (AvgIpc) is 3.02. The van der Waals surface area contributed by atoms with Crippen LogP contribution in [-0.4, -0.2) is 5.84 Å². The molecule has 7 N–H and O–H groups in total. The molecule has 0 saturated carbocycles. The van der Waals surface area contributed by atoms with Crippen molar-refractivity contribution in [3.8, 4) is 11.1 Å².